The molecule has 1 aliphatic heterocycles. The number of nitrogens with two attached hydrogens (primary N) is 1. The maximum atomic E-state index is 12.4. The molecular formula is C19H20ClN5O2S2. The monoisotopic (exact) mass is 449 g/mol. The normalized spacial score (nSPS) is 22.0. The highest BCUT2D eigenvalue weighted by molar-refractivity contribution is 7.83. The Labute approximate surface area is 180 Å². The van der Waals surface area contributed by atoms with Crippen molar-refractivity contribution in [2.24, 2.45) is 10.7 Å². The first-order chi connectivity index (χ1) is 13.8. The van der Waals surface area contributed by atoms with Crippen LogP contribution < -0.4 is 5.73 Å². The molecule has 29 heavy (non-hydrogen) atoms. The molecular weight excluding hydrogens is 430 g/mol. The lowest BCUT2D eigenvalue weighted by Crippen LogP contribution is -2.47. The lowest BCUT2D eigenvalue weighted by Gasteiger charge is -2.33. The number of halogens is 1. The summed E-state index contributed by atoms with van der Waals surface area (Å²) in [5.41, 5.74) is 6.99. The number of aromatic nitrogens is 2. The predicted molar refractivity (Wildman–Crippen MR) is 117 cm³/mol. The van der Waals surface area contributed by atoms with Crippen molar-refractivity contribution in [3.63, 3.8) is 0 Å². The van der Waals surface area contributed by atoms with Crippen LogP contribution in [0.1, 0.15) is 24.4 Å². The smallest absolute Gasteiger partial charge is 0.237 e. The van der Waals surface area contributed by atoms with Crippen LogP contribution in [0.15, 0.2) is 40.0 Å². The van der Waals surface area contributed by atoms with Gasteiger partial charge in [-0.25, -0.2) is 14.2 Å². The molecule has 2 atom stereocenters. The molecule has 2 N–H and O–H groups in total. The van der Waals surface area contributed by atoms with Gasteiger partial charge in [0.15, 0.2) is 5.76 Å². The summed E-state index contributed by atoms with van der Waals surface area (Å²) in [5.74, 6) is 1.76. The zero-order valence-corrected chi connectivity index (χ0v) is 18.6. The average molecular weight is 450 g/mol. The quantitative estimate of drug-likeness (QED) is 0.652. The third kappa shape index (κ3) is 3.58. The van der Waals surface area contributed by atoms with E-state index in [0.29, 0.717) is 16.7 Å². The van der Waals surface area contributed by atoms with Crippen LogP contribution in [0.4, 0.5) is 0 Å². The Morgan fingerprint density at radius 2 is 2.14 bits per heavy atom. The van der Waals surface area contributed by atoms with Gasteiger partial charge in [-0.3, -0.25) is 9.29 Å². The Morgan fingerprint density at radius 3 is 2.79 bits per heavy atom. The van der Waals surface area contributed by atoms with Crippen LogP contribution >= 0.6 is 22.9 Å². The number of hydrogen-bond acceptors (Lipinski definition) is 7. The molecule has 7 nitrogen and oxygen atoms in total. The minimum absolute atomic E-state index is 0.229. The molecule has 4 heterocycles. The fourth-order valence-corrected chi connectivity index (χ4v) is 5.96. The van der Waals surface area contributed by atoms with Crippen LogP contribution in [-0.4, -0.2) is 37.2 Å². The molecule has 0 aromatic carbocycles. The molecule has 0 bridgehead atoms. The SMILES string of the molecule is CCc1nc(-c2cc(Cl)c(C3(C)CS(=O)N(C)C(N)=N3)s2)oc1-c1ccncc1. The molecule has 3 aromatic heterocycles. The van der Waals surface area contributed by atoms with E-state index in [1.807, 2.05) is 32.0 Å². The first kappa shape index (κ1) is 20.1. The van der Waals surface area contributed by atoms with Crippen molar-refractivity contribution in [3.05, 3.63) is 46.2 Å². The highest BCUT2D eigenvalue weighted by Gasteiger charge is 2.39. The van der Waals surface area contributed by atoms with E-state index in [9.17, 15) is 4.21 Å². The summed E-state index contributed by atoms with van der Waals surface area (Å²) in [6.45, 7) is 3.92. The van der Waals surface area contributed by atoms with Crippen molar-refractivity contribution in [1.82, 2.24) is 14.3 Å². The number of oxazole rings is 1. The van der Waals surface area contributed by atoms with Crippen molar-refractivity contribution in [2.75, 3.05) is 12.8 Å². The first-order valence-electron chi connectivity index (χ1n) is 9.00. The Balaban J connectivity index is 1.76. The van der Waals surface area contributed by atoms with Crippen LogP contribution in [0.2, 0.25) is 5.02 Å². The topological polar surface area (TPSA) is 97.6 Å². The average Bonchev–Trinajstić information content (AvgIpc) is 3.30. The maximum Gasteiger partial charge on any atom is 0.237 e. The van der Waals surface area contributed by atoms with E-state index in [-0.39, 0.29) is 5.96 Å². The van der Waals surface area contributed by atoms with E-state index >= 15 is 0 Å². The van der Waals surface area contributed by atoms with E-state index in [0.717, 1.165) is 33.2 Å². The lowest BCUT2D eigenvalue weighted by atomic mass is 10.0. The molecule has 0 saturated heterocycles. The van der Waals surface area contributed by atoms with Gasteiger partial charge in [0.05, 0.1) is 26.2 Å². The second-order valence-electron chi connectivity index (χ2n) is 6.88. The number of rotatable bonds is 4. The van der Waals surface area contributed by atoms with Crippen molar-refractivity contribution in [2.45, 2.75) is 25.8 Å². The third-order valence-corrected chi connectivity index (χ3v) is 8.15. The molecule has 0 radical (unpaired) electrons. The van der Waals surface area contributed by atoms with Gasteiger partial charge in [0.2, 0.25) is 11.9 Å². The Kier molecular flexibility index (Phi) is 5.22. The molecule has 0 saturated carbocycles. The van der Waals surface area contributed by atoms with Gasteiger partial charge in [0, 0.05) is 25.0 Å². The molecule has 2 unspecified atom stereocenters. The van der Waals surface area contributed by atoms with Gasteiger partial charge in [-0.05, 0) is 31.5 Å². The molecule has 10 heteroatoms. The summed E-state index contributed by atoms with van der Waals surface area (Å²) in [6.07, 6.45) is 4.18. The number of aryl methyl sites for hydroxylation is 1. The number of hydrogen-bond donors (Lipinski definition) is 1. The minimum atomic E-state index is -1.27. The van der Waals surface area contributed by atoms with Gasteiger partial charge >= 0.3 is 0 Å². The Bertz CT molecular complexity index is 1110. The summed E-state index contributed by atoms with van der Waals surface area (Å²) >= 11 is 7.99. The van der Waals surface area contributed by atoms with Crippen LogP contribution in [0.3, 0.4) is 0 Å². The van der Waals surface area contributed by atoms with E-state index in [4.69, 9.17) is 21.8 Å². The molecule has 0 amide bonds. The van der Waals surface area contributed by atoms with Gasteiger partial charge < -0.3 is 10.2 Å². The molecule has 0 aliphatic carbocycles. The number of guanidine groups is 1. The van der Waals surface area contributed by atoms with Crippen LogP contribution in [0.25, 0.3) is 22.1 Å². The summed E-state index contributed by atoms with van der Waals surface area (Å²) in [4.78, 5) is 14.9. The predicted octanol–water partition coefficient (Wildman–Crippen LogP) is 3.82. The molecule has 152 valence electrons. The molecule has 0 spiro atoms. The first-order valence-corrected chi connectivity index (χ1v) is 11.5. The van der Waals surface area contributed by atoms with Gasteiger partial charge in [0.25, 0.3) is 0 Å². The fraction of sp³-hybridized carbons (Fsp3) is 0.316. The summed E-state index contributed by atoms with van der Waals surface area (Å²) in [5, 5.41) is 0.535. The van der Waals surface area contributed by atoms with Crippen molar-refractivity contribution >= 4 is 39.9 Å². The van der Waals surface area contributed by atoms with E-state index < -0.39 is 16.5 Å². The lowest BCUT2D eigenvalue weighted by molar-refractivity contribution is 0.524. The molecule has 3 aromatic rings. The number of pyridine rings is 1. The van der Waals surface area contributed by atoms with Crippen LogP contribution in [0, 0.1) is 0 Å². The number of thiophene rings is 1. The maximum absolute atomic E-state index is 12.4. The second-order valence-corrected chi connectivity index (χ2v) is 9.82. The van der Waals surface area contributed by atoms with Crippen molar-refractivity contribution < 1.29 is 8.63 Å². The highest BCUT2D eigenvalue weighted by Crippen LogP contribution is 2.44. The van der Waals surface area contributed by atoms with Crippen molar-refractivity contribution in [1.29, 1.82) is 0 Å². The number of aliphatic imine (C=N–C) groups is 1. The molecule has 4 rings (SSSR count). The summed E-state index contributed by atoms with van der Waals surface area (Å²) < 4.78 is 20.0. The van der Waals surface area contributed by atoms with Crippen molar-refractivity contribution in [3.8, 4) is 22.1 Å². The van der Waals surface area contributed by atoms with E-state index in [1.54, 1.807) is 19.4 Å². The highest BCUT2D eigenvalue weighted by atomic mass is 35.5. The number of nitrogens with zero attached hydrogens (tertiary/aromatic N) is 4. The van der Waals surface area contributed by atoms with Gasteiger partial charge in [-0.15, -0.1) is 11.3 Å². The van der Waals surface area contributed by atoms with E-state index in [2.05, 4.69) is 15.0 Å². The summed E-state index contributed by atoms with van der Waals surface area (Å²) in [6, 6.07) is 5.60. The van der Waals surface area contributed by atoms with E-state index in [1.165, 1.54) is 15.6 Å². The van der Waals surface area contributed by atoms with Crippen LogP contribution in [0.5, 0.6) is 0 Å². The third-order valence-electron chi connectivity index (χ3n) is 4.76. The van der Waals surface area contributed by atoms with Crippen LogP contribution in [-0.2, 0) is 22.9 Å². The standard InChI is InChI=1S/C19H20ClN5O2S2/c1-4-13-15(11-5-7-22-8-6-11)27-17(23-13)14-9-12(20)16(28-14)19(2)10-29(26)25(3)18(21)24-19/h5-9H,4,10H2,1-3H3,(H2,21,24). The summed E-state index contributed by atoms with van der Waals surface area (Å²) in [7, 11) is 0.389. The Morgan fingerprint density at radius 1 is 1.41 bits per heavy atom. The largest absolute Gasteiger partial charge is 0.435 e. The fourth-order valence-electron chi connectivity index (χ4n) is 3.18. The zero-order chi connectivity index (χ0) is 20.8. The molecule has 1 aliphatic rings. The second kappa shape index (κ2) is 7.55. The zero-order valence-electron chi connectivity index (χ0n) is 16.2. The van der Waals surface area contributed by atoms with Gasteiger partial charge in [-0.1, -0.05) is 18.5 Å². The Hall–Kier alpha value is -2.23. The van der Waals surface area contributed by atoms with Gasteiger partial charge in [0.1, 0.15) is 16.5 Å². The minimum Gasteiger partial charge on any atom is -0.435 e. The molecule has 0 fully saturated rings. The van der Waals surface area contributed by atoms with Gasteiger partial charge in [-0.2, -0.15) is 0 Å².